The number of aryl methyl sites for hydroxylation is 1. The second kappa shape index (κ2) is 4.70. The van der Waals surface area contributed by atoms with E-state index in [9.17, 15) is 18.0 Å². The lowest BCUT2D eigenvalue weighted by Gasteiger charge is -2.12. The minimum Gasteiger partial charge on any atom is -0.478 e. The Labute approximate surface area is 111 Å². The van der Waals surface area contributed by atoms with Gasteiger partial charge in [0.25, 0.3) is 0 Å². The van der Waals surface area contributed by atoms with Gasteiger partial charge in [0.1, 0.15) is 0 Å². The summed E-state index contributed by atoms with van der Waals surface area (Å²) in [5, 5.41) is 10.6. The Balaban J connectivity index is 2.63. The molecule has 0 spiro atoms. The van der Waals surface area contributed by atoms with Crippen LogP contribution in [-0.2, 0) is 6.18 Å². The highest BCUT2D eigenvalue weighted by Crippen LogP contribution is 2.37. The Morgan fingerprint density at radius 2 is 1.95 bits per heavy atom. The first kappa shape index (κ1) is 13.6. The maximum Gasteiger partial charge on any atom is 0.417 e. The van der Waals surface area contributed by atoms with Gasteiger partial charge in [-0.3, -0.25) is 0 Å². The molecule has 0 bridgehead atoms. The Bertz CT molecular complexity index is 629. The molecule has 0 radical (unpaired) electrons. The maximum atomic E-state index is 12.9. The fourth-order valence-corrected chi connectivity index (χ4v) is 2.70. The highest BCUT2D eigenvalue weighted by molar-refractivity contribution is 7.13. The molecule has 100 valence electrons. The second-order valence-electron chi connectivity index (χ2n) is 4.00. The number of aromatic carboxylic acids is 1. The van der Waals surface area contributed by atoms with Gasteiger partial charge in [-0.15, -0.1) is 11.3 Å². The van der Waals surface area contributed by atoms with Gasteiger partial charge in [0.15, 0.2) is 0 Å². The molecule has 0 aliphatic heterocycles. The third-order valence-electron chi connectivity index (χ3n) is 2.68. The van der Waals surface area contributed by atoms with Gasteiger partial charge in [-0.1, -0.05) is 6.07 Å². The molecule has 19 heavy (non-hydrogen) atoms. The topological polar surface area (TPSA) is 37.3 Å². The third kappa shape index (κ3) is 2.63. The molecule has 0 amide bonds. The van der Waals surface area contributed by atoms with Crippen LogP contribution < -0.4 is 0 Å². The summed E-state index contributed by atoms with van der Waals surface area (Å²) in [6.07, 6.45) is -4.69. The van der Waals surface area contributed by atoms with E-state index in [0.29, 0.717) is 10.4 Å². The van der Waals surface area contributed by atoms with E-state index in [0.717, 1.165) is 17.7 Å². The van der Waals surface area contributed by atoms with Gasteiger partial charge in [0, 0.05) is 4.88 Å². The molecule has 0 saturated heterocycles. The quantitative estimate of drug-likeness (QED) is 0.886. The van der Waals surface area contributed by atoms with E-state index in [1.54, 1.807) is 18.4 Å². The van der Waals surface area contributed by atoms with Crippen molar-refractivity contribution in [3.05, 3.63) is 46.3 Å². The van der Waals surface area contributed by atoms with Crippen LogP contribution in [0.2, 0.25) is 0 Å². The lowest BCUT2D eigenvalue weighted by atomic mass is 10.0. The van der Waals surface area contributed by atoms with Crippen LogP contribution in [0, 0.1) is 6.92 Å². The fraction of sp³-hybridized carbons (Fsp3) is 0.154. The normalized spacial score (nSPS) is 11.6. The van der Waals surface area contributed by atoms with E-state index in [-0.39, 0.29) is 0 Å². The molecule has 0 unspecified atom stereocenters. The van der Waals surface area contributed by atoms with Crippen molar-refractivity contribution in [3.63, 3.8) is 0 Å². The van der Waals surface area contributed by atoms with Gasteiger partial charge < -0.3 is 5.11 Å². The minimum atomic E-state index is -4.69. The number of thiophene rings is 1. The number of carbonyl (C=O) groups is 1. The van der Waals surface area contributed by atoms with Crippen LogP contribution in [0.4, 0.5) is 13.2 Å². The molecular weight excluding hydrogens is 277 g/mol. The van der Waals surface area contributed by atoms with Crippen LogP contribution in [0.25, 0.3) is 10.4 Å². The van der Waals surface area contributed by atoms with Crippen LogP contribution in [0.3, 0.4) is 0 Å². The molecule has 2 rings (SSSR count). The molecular formula is C13H9F3O2S. The molecule has 0 atom stereocenters. The summed E-state index contributed by atoms with van der Waals surface area (Å²) in [5.41, 5.74) is -0.609. The van der Waals surface area contributed by atoms with Crippen molar-refractivity contribution >= 4 is 17.3 Å². The van der Waals surface area contributed by atoms with Gasteiger partial charge >= 0.3 is 12.1 Å². The van der Waals surface area contributed by atoms with Crippen LogP contribution in [-0.4, -0.2) is 11.1 Å². The molecule has 0 saturated carbocycles. The number of hydrogen-bond donors (Lipinski definition) is 1. The lowest BCUT2D eigenvalue weighted by molar-refractivity contribution is -0.138. The van der Waals surface area contributed by atoms with Gasteiger partial charge in [-0.25, -0.2) is 4.79 Å². The summed E-state index contributed by atoms with van der Waals surface area (Å²) in [7, 11) is 0. The van der Waals surface area contributed by atoms with Gasteiger partial charge in [-0.2, -0.15) is 13.2 Å². The molecule has 1 aromatic carbocycles. The number of hydrogen-bond acceptors (Lipinski definition) is 2. The molecule has 0 aliphatic rings. The first-order chi connectivity index (χ1) is 8.80. The Hall–Kier alpha value is -1.82. The van der Waals surface area contributed by atoms with E-state index in [4.69, 9.17) is 5.11 Å². The molecule has 0 fully saturated rings. The van der Waals surface area contributed by atoms with Crippen molar-refractivity contribution in [2.45, 2.75) is 13.1 Å². The fourth-order valence-electron chi connectivity index (χ4n) is 1.77. The summed E-state index contributed by atoms with van der Waals surface area (Å²) in [6, 6.07) is 5.10. The summed E-state index contributed by atoms with van der Waals surface area (Å²) in [5.74, 6) is -1.58. The summed E-state index contributed by atoms with van der Waals surface area (Å²) >= 11 is 1.32. The standard InChI is InChI=1S/C13H9F3O2S/c1-7-4-5-19-11(7)8-2-3-9(12(17)18)10(6-8)13(14,15)16/h2-6H,1H3,(H,17,18). The summed E-state index contributed by atoms with van der Waals surface area (Å²) in [6.45, 7) is 1.80. The zero-order valence-corrected chi connectivity index (χ0v) is 10.6. The van der Waals surface area contributed by atoms with E-state index in [1.165, 1.54) is 17.4 Å². The van der Waals surface area contributed by atoms with Crippen LogP contribution in [0.5, 0.6) is 0 Å². The highest BCUT2D eigenvalue weighted by atomic mass is 32.1. The molecule has 2 nitrogen and oxygen atoms in total. The first-order valence-corrected chi connectivity index (χ1v) is 6.17. The average Bonchev–Trinajstić information content (AvgIpc) is 2.73. The smallest absolute Gasteiger partial charge is 0.417 e. The van der Waals surface area contributed by atoms with E-state index in [1.807, 2.05) is 0 Å². The van der Waals surface area contributed by atoms with Crippen molar-refractivity contribution in [1.29, 1.82) is 0 Å². The minimum absolute atomic E-state index is 0.379. The van der Waals surface area contributed by atoms with E-state index < -0.39 is 23.3 Å². The van der Waals surface area contributed by atoms with Gasteiger partial charge in [0.2, 0.25) is 0 Å². The van der Waals surface area contributed by atoms with Gasteiger partial charge in [0.05, 0.1) is 11.1 Å². The number of alkyl halides is 3. The molecule has 2 aromatic rings. The molecule has 1 aromatic heterocycles. The van der Waals surface area contributed by atoms with Crippen LogP contribution in [0.1, 0.15) is 21.5 Å². The van der Waals surface area contributed by atoms with Gasteiger partial charge in [-0.05, 0) is 41.6 Å². The van der Waals surface area contributed by atoms with E-state index in [2.05, 4.69) is 0 Å². The van der Waals surface area contributed by atoms with E-state index >= 15 is 0 Å². The number of halogens is 3. The lowest BCUT2D eigenvalue weighted by Crippen LogP contribution is -2.12. The van der Waals surface area contributed by atoms with Crippen LogP contribution in [0.15, 0.2) is 29.6 Å². The second-order valence-corrected chi connectivity index (χ2v) is 4.91. The van der Waals surface area contributed by atoms with Crippen molar-refractivity contribution in [2.24, 2.45) is 0 Å². The van der Waals surface area contributed by atoms with Crippen LogP contribution >= 0.6 is 11.3 Å². The molecule has 1 heterocycles. The Morgan fingerprint density at radius 3 is 2.42 bits per heavy atom. The Kier molecular flexibility index (Phi) is 3.36. The van der Waals surface area contributed by atoms with Crippen molar-refractivity contribution in [2.75, 3.05) is 0 Å². The predicted octanol–water partition coefficient (Wildman–Crippen LogP) is 4.44. The van der Waals surface area contributed by atoms with Crippen molar-refractivity contribution in [3.8, 4) is 10.4 Å². The first-order valence-electron chi connectivity index (χ1n) is 5.29. The average molecular weight is 286 g/mol. The zero-order valence-electron chi connectivity index (χ0n) is 9.78. The SMILES string of the molecule is Cc1ccsc1-c1ccc(C(=O)O)c(C(F)(F)F)c1. The maximum absolute atomic E-state index is 12.9. The summed E-state index contributed by atoms with van der Waals surface area (Å²) in [4.78, 5) is 11.5. The number of carboxylic acids is 1. The summed E-state index contributed by atoms with van der Waals surface area (Å²) < 4.78 is 38.6. The molecule has 1 N–H and O–H groups in total. The zero-order chi connectivity index (χ0) is 14.2. The number of rotatable bonds is 2. The van der Waals surface area contributed by atoms with Crippen molar-refractivity contribution in [1.82, 2.24) is 0 Å². The third-order valence-corrected chi connectivity index (χ3v) is 3.75. The number of benzene rings is 1. The predicted molar refractivity (Wildman–Crippen MR) is 66.5 cm³/mol. The largest absolute Gasteiger partial charge is 0.478 e. The highest BCUT2D eigenvalue weighted by Gasteiger charge is 2.35. The van der Waals surface area contributed by atoms with Crippen molar-refractivity contribution < 1.29 is 23.1 Å². The molecule has 6 heteroatoms. The Morgan fingerprint density at radius 1 is 1.26 bits per heavy atom. The molecule has 0 aliphatic carbocycles. The monoisotopic (exact) mass is 286 g/mol. The number of carboxylic acid groups (broad SMARTS) is 1.